The van der Waals surface area contributed by atoms with E-state index in [1.54, 1.807) is 16.4 Å². The van der Waals surface area contributed by atoms with Crippen LogP contribution in [0.2, 0.25) is 0 Å². The minimum absolute atomic E-state index is 0.0261. The molecule has 5 fully saturated rings. The fourth-order valence-corrected chi connectivity index (χ4v) is 9.02. The summed E-state index contributed by atoms with van der Waals surface area (Å²) in [7, 11) is 0. The summed E-state index contributed by atoms with van der Waals surface area (Å²) in [6, 6.07) is 8.54. The van der Waals surface area contributed by atoms with Crippen LogP contribution in [0.25, 0.3) is 10.1 Å². The zero-order valence-electron chi connectivity index (χ0n) is 20.5. The van der Waals surface area contributed by atoms with E-state index < -0.39 is 0 Å². The van der Waals surface area contributed by atoms with Crippen LogP contribution in [0.1, 0.15) is 44.9 Å². The van der Waals surface area contributed by atoms with Gasteiger partial charge in [0.1, 0.15) is 5.82 Å². The normalized spacial score (nSPS) is 35.4. The summed E-state index contributed by atoms with van der Waals surface area (Å²) < 4.78 is 6.02. The Morgan fingerprint density at radius 2 is 1.49 bits per heavy atom. The Morgan fingerprint density at radius 1 is 0.829 bits per heavy atom. The molecule has 5 aliphatic rings. The van der Waals surface area contributed by atoms with Crippen LogP contribution >= 0.6 is 11.5 Å². The maximum absolute atomic E-state index is 13.3. The lowest BCUT2D eigenvalue weighted by molar-refractivity contribution is -0.142. The van der Waals surface area contributed by atoms with E-state index >= 15 is 0 Å². The molecule has 0 radical (unpaired) electrons. The molecule has 7 rings (SSSR count). The number of carbonyl (C=O) groups excluding carboxylic acids is 2. The van der Waals surface area contributed by atoms with Gasteiger partial charge in [0.2, 0.25) is 11.8 Å². The molecule has 2 bridgehead atoms. The zero-order valence-corrected chi connectivity index (χ0v) is 21.3. The molecule has 186 valence electrons. The second-order valence-corrected chi connectivity index (χ2v) is 12.6. The molecule has 3 heterocycles. The molecule has 2 aliphatic heterocycles. The van der Waals surface area contributed by atoms with Gasteiger partial charge in [-0.1, -0.05) is 25.0 Å². The van der Waals surface area contributed by atoms with Crippen LogP contribution in [-0.4, -0.2) is 65.3 Å². The lowest BCUT2D eigenvalue weighted by Gasteiger charge is -2.40. The number of benzene rings is 1. The summed E-state index contributed by atoms with van der Waals surface area (Å²) in [5.41, 5.74) is 0. The first-order chi connectivity index (χ1) is 17.2. The third-order valence-electron chi connectivity index (χ3n) is 10.0. The number of imide groups is 1. The van der Waals surface area contributed by atoms with Gasteiger partial charge in [0.15, 0.2) is 0 Å². The van der Waals surface area contributed by atoms with Gasteiger partial charge >= 0.3 is 0 Å². The van der Waals surface area contributed by atoms with E-state index in [2.05, 4.69) is 34.1 Å². The fraction of sp³-hybridized carbons (Fsp3) is 0.679. The molecule has 0 unspecified atom stereocenters. The van der Waals surface area contributed by atoms with Crippen molar-refractivity contribution in [3.8, 4) is 0 Å². The molecule has 2 saturated heterocycles. The van der Waals surface area contributed by atoms with Gasteiger partial charge in [0, 0.05) is 44.7 Å². The number of aromatic nitrogens is 1. The minimum Gasteiger partial charge on any atom is -0.353 e. The van der Waals surface area contributed by atoms with Crippen LogP contribution in [0.5, 0.6) is 0 Å². The summed E-state index contributed by atoms with van der Waals surface area (Å²) in [6.07, 6.45) is 8.35. The molecule has 0 N–H and O–H groups in total. The van der Waals surface area contributed by atoms with Gasteiger partial charge in [-0.15, -0.1) is 0 Å². The van der Waals surface area contributed by atoms with E-state index in [1.807, 2.05) is 0 Å². The molecule has 3 saturated carbocycles. The van der Waals surface area contributed by atoms with Crippen molar-refractivity contribution in [2.24, 2.45) is 35.5 Å². The van der Waals surface area contributed by atoms with Gasteiger partial charge in [0.05, 0.1) is 16.5 Å². The molecule has 6 atom stereocenters. The first kappa shape index (κ1) is 22.2. The highest BCUT2D eigenvalue weighted by Crippen LogP contribution is 2.56. The molecular formula is C28H36N4O2S. The lowest BCUT2D eigenvalue weighted by atomic mass is 9.78. The van der Waals surface area contributed by atoms with Gasteiger partial charge in [-0.25, -0.2) is 0 Å². The van der Waals surface area contributed by atoms with Crippen LogP contribution in [0.4, 0.5) is 5.82 Å². The van der Waals surface area contributed by atoms with Crippen molar-refractivity contribution in [1.82, 2.24) is 14.2 Å². The summed E-state index contributed by atoms with van der Waals surface area (Å²) in [4.78, 5) is 33.4. The third-order valence-corrected chi connectivity index (χ3v) is 10.8. The Kier molecular flexibility index (Phi) is 5.61. The monoisotopic (exact) mass is 492 g/mol. The SMILES string of the molecule is O=C1[C@@H]2[C@H]3CC[C@@H](C3)[C@H]2C(=O)N1C[C@H]1CCCC[C@@H]1CN1CCN(c2nsc3ccccc23)CC1. The number of piperazine rings is 1. The van der Waals surface area contributed by atoms with Gasteiger partial charge in [0.25, 0.3) is 0 Å². The zero-order chi connectivity index (χ0) is 23.5. The van der Waals surface area contributed by atoms with Gasteiger partial charge in [-0.3, -0.25) is 19.4 Å². The van der Waals surface area contributed by atoms with E-state index in [4.69, 9.17) is 4.37 Å². The number of carbonyl (C=O) groups is 2. The van der Waals surface area contributed by atoms with E-state index in [-0.39, 0.29) is 23.7 Å². The second-order valence-electron chi connectivity index (χ2n) is 11.8. The van der Waals surface area contributed by atoms with Gasteiger partial charge < -0.3 is 4.90 Å². The highest BCUT2D eigenvalue weighted by atomic mass is 32.1. The molecule has 1 aromatic carbocycles. The molecule has 2 aromatic rings. The number of anilines is 1. The van der Waals surface area contributed by atoms with Crippen molar-refractivity contribution < 1.29 is 9.59 Å². The maximum Gasteiger partial charge on any atom is 0.233 e. The molecule has 6 nitrogen and oxygen atoms in total. The maximum atomic E-state index is 13.3. The first-order valence-electron chi connectivity index (χ1n) is 13.8. The highest BCUT2D eigenvalue weighted by Gasteiger charge is 2.61. The van der Waals surface area contributed by atoms with Crippen molar-refractivity contribution in [2.45, 2.75) is 44.9 Å². The van der Waals surface area contributed by atoms with Crippen molar-refractivity contribution in [3.05, 3.63) is 24.3 Å². The quantitative estimate of drug-likeness (QED) is 0.584. The molecule has 0 spiro atoms. The van der Waals surface area contributed by atoms with Gasteiger partial charge in [-0.2, -0.15) is 4.37 Å². The second kappa shape index (κ2) is 8.84. The van der Waals surface area contributed by atoms with Crippen molar-refractivity contribution >= 4 is 39.3 Å². The molecular weight excluding hydrogens is 456 g/mol. The van der Waals surface area contributed by atoms with E-state index in [0.29, 0.717) is 30.2 Å². The van der Waals surface area contributed by atoms with Gasteiger partial charge in [-0.05, 0) is 79.4 Å². The number of rotatable bonds is 5. The number of nitrogens with zero attached hydrogens (tertiary/aromatic N) is 4. The van der Waals surface area contributed by atoms with Crippen LogP contribution in [0.3, 0.4) is 0 Å². The summed E-state index contributed by atoms with van der Waals surface area (Å²) in [5, 5.41) is 1.27. The Morgan fingerprint density at radius 3 is 2.20 bits per heavy atom. The number of hydrogen-bond acceptors (Lipinski definition) is 6. The van der Waals surface area contributed by atoms with E-state index in [1.165, 1.54) is 29.3 Å². The van der Waals surface area contributed by atoms with Crippen LogP contribution in [0.15, 0.2) is 24.3 Å². The lowest BCUT2D eigenvalue weighted by Crippen LogP contribution is -2.49. The fourth-order valence-electron chi connectivity index (χ4n) is 8.22. The molecule has 1 aromatic heterocycles. The summed E-state index contributed by atoms with van der Waals surface area (Å²) in [5.74, 6) is 3.59. The molecule has 3 aliphatic carbocycles. The summed E-state index contributed by atoms with van der Waals surface area (Å²) >= 11 is 1.60. The van der Waals surface area contributed by atoms with Crippen molar-refractivity contribution in [3.63, 3.8) is 0 Å². The number of amides is 2. The average molecular weight is 493 g/mol. The standard InChI is InChI=1S/C28H36N4O2S/c33-27-24-18-9-10-19(15-18)25(24)28(34)32(27)17-21-6-2-1-5-20(21)16-30-11-13-31(14-12-30)26-22-7-3-4-8-23(22)35-29-26/h3-4,7-8,18-21,24-25H,1-2,5-6,9-17H2/t18-,19-,20+,21+,24+,25+/m0/s1. The minimum atomic E-state index is 0.0261. The van der Waals surface area contributed by atoms with Crippen molar-refractivity contribution in [2.75, 3.05) is 44.2 Å². The number of likely N-dealkylation sites (tertiary alicyclic amines) is 1. The Bertz CT molecular complexity index is 1100. The largest absolute Gasteiger partial charge is 0.353 e. The van der Waals surface area contributed by atoms with E-state index in [0.717, 1.165) is 64.2 Å². The first-order valence-corrected chi connectivity index (χ1v) is 14.6. The van der Waals surface area contributed by atoms with Crippen LogP contribution in [0, 0.1) is 35.5 Å². The Hall–Kier alpha value is -1.99. The highest BCUT2D eigenvalue weighted by molar-refractivity contribution is 7.13. The van der Waals surface area contributed by atoms with Crippen molar-refractivity contribution in [1.29, 1.82) is 0 Å². The Balaban J connectivity index is 0.986. The predicted octanol–water partition coefficient (Wildman–Crippen LogP) is 4.26. The van der Waals surface area contributed by atoms with E-state index in [9.17, 15) is 9.59 Å². The van der Waals surface area contributed by atoms with Crippen LogP contribution in [-0.2, 0) is 9.59 Å². The Labute approximate surface area is 211 Å². The number of fused-ring (bicyclic) bond motifs is 6. The third kappa shape index (κ3) is 3.72. The molecule has 2 amide bonds. The van der Waals surface area contributed by atoms with Crippen LogP contribution < -0.4 is 4.90 Å². The predicted molar refractivity (Wildman–Crippen MR) is 138 cm³/mol. The average Bonchev–Trinajstić information content (AvgIpc) is 3.66. The molecule has 7 heteroatoms. The topological polar surface area (TPSA) is 56.8 Å². The summed E-state index contributed by atoms with van der Waals surface area (Å²) in [6.45, 7) is 5.93. The smallest absolute Gasteiger partial charge is 0.233 e. The number of hydrogen-bond donors (Lipinski definition) is 0. The molecule has 35 heavy (non-hydrogen) atoms.